The van der Waals surface area contributed by atoms with Crippen LogP contribution < -0.4 is 32.7 Å². The maximum atomic E-state index is 12.8. The third kappa shape index (κ3) is 10.6. The number of amides is 2. The highest BCUT2D eigenvalue weighted by Crippen LogP contribution is 2.27. The largest absolute Gasteiger partial charge is 0.370 e. The van der Waals surface area contributed by atoms with Gasteiger partial charge in [-0.15, -0.1) is 0 Å². The van der Waals surface area contributed by atoms with Crippen molar-refractivity contribution < 1.29 is 9.59 Å². The summed E-state index contributed by atoms with van der Waals surface area (Å²) in [5, 5.41) is 33.3. The van der Waals surface area contributed by atoms with Crippen LogP contribution in [0.4, 0.5) is 11.4 Å². The molecule has 4 aromatic rings. The summed E-state index contributed by atoms with van der Waals surface area (Å²) in [7, 11) is 0. The van der Waals surface area contributed by atoms with Crippen LogP contribution in [-0.4, -0.2) is 45.6 Å². The van der Waals surface area contributed by atoms with Crippen LogP contribution in [0.2, 0.25) is 10.0 Å². The van der Waals surface area contributed by atoms with Crippen LogP contribution in [0.1, 0.15) is 45.7 Å². The number of nitrogens with one attached hydrogen (secondary N) is 4. The van der Waals surface area contributed by atoms with Crippen molar-refractivity contribution in [2.45, 2.75) is 18.8 Å². The molecule has 0 spiro atoms. The molecule has 0 aromatic heterocycles. The summed E-state index contributed by atoms with van der Waals surface area (Å²) in [6.45, 7) is 0. The van der Waals surface area contributed by atoms with Gasteiger partial charge < -0.3 is 32.7 Å². The zero-order chi connectivity index (χ0) is 38.9. The molecular formula is C37H30Cl2N12O2S2. The lowest BCUT2D eigenvalue weighted by atomic mass is 9.96. The van der Waals surface area contributed by atoms with Gasteiger partial charge in [0.25, 0.3) is 0 Å². The molecule has 0 bridgehead atoms. The molecule has 4 aromatic carbocycles. The molecule has 55 heavy (non-hydrogen) atoms. The standard InChI is InChI=1S/C37H30Cl2N12O2S2/c38-26-7-1-20(2-8-26)32-46-34(42)50-36(48-32)54-18-30(52)44-28-11-5-22(24(14-28)16-40)13-23-6-12-29(15-25(23)17-41)45-31(53)19-55-37-49-33(47-35(43)51-37)21-3-9-27(39)10-4-21/h1-12,14-15,32-33H,13,18-19H2,(H,44,52)(H,45,53)(H3,42,46,48,50)(H3,43,47,49,51)/t32-,33-/m0/s1. The van der Waals surface area contributed by atoms with E-state index in [-0.39, 0.29) is 41.7 Å². The third-order valence-corrected chi connectivity index (χ3v) is 10.2. The summed E-state index contributed by atoms with van der Waals surface area (Å²) >= 11 is 14.3. The number of halogens is 2. The Labute approximate surface area is 334 Å². The average molecular weight is 810 g/mol. The number of thioether (sulfide) groups is 2. The van der Waals surface area contributed by atoms with E-state index in [1.807, 2.05) is 0 Å². The van der Waals surface area contributed by atoms with Gasteiger partial charge in [-0.3, -0.25) is 9.59 Å². The van der Waals surface area contributed by atoms with Crippen LogP contribution >= 0.6 is 46.7 Å². The van der Waals surface area contributed by atoms with Crippen molar-refractivity contribution in [3.63, 3.8) is 0 Å². The number of benzene rings is 4. The molecule has 18 heteroatoms. The van der Waals surface area contributed by atoms with E-state index in [9.17, 15) is 20.1 Å². The lowest BCUT2D eigenvalue weighted by Gasteiger charge is -2.19. The number of nitrogens with two attached hydrogens (primary N) is 2. The van der Waals surface area contributed by atoms with E-state index in [1.54, 1.807) is 84.9 Å². The first-order valence-electron chi connectivity index (χ1n) is 16.3. The molecule has 0 saturated carbocycles. The van der Waals surface area contributed by atoms with Gasteiger partial charge >= 0.3 is 0 Å². The number of hydrogen-bond acceptors (Lipinski definition) is 14. The summed E-state index contributed by atoms with van der Waals surface area (Å²) in [6.07, 6.45) is -0.863. The molecule has 0 saturated heterocycles. The Morgan fingerprint density at radius 2 is 1.05 bits per heavy atom. The Morgan fingerprint density at radius 1 is 0.655 bits per heavy atom. The van der Waals surface area contributed by atoms with E-state index < -0.39 is 12.3 Å². The van der Waals surface area contributed by atoms with Gasteiger partial charge in [0, 0.05) is 27.8 Å². The van der Waals surface area contributed by atoms with Gasteiger partial charge in [0.15, 0.2) is 34.6 Å². The highest BCUT2D eigenvalue weighted by molar-refractivity contribution is 8.14. The molecule has 2 aliphatic heterocycles. The van der Waals surface area contributed by atoms with Crippen molar-refractivity contribution in [3.05, 3.63) is 128 Å². The van der Waals surface area contributed by atoms with E-state index in [1.165, 1.54) is 0 Å². The van der Waals surface area contributed by atoms with Crippen molar-refractivity contribution in [1.29, 1.82) is 10.5 Å². The molecule has 0 unspecified atom stereocenters. The van der Waals surface area contributed by atoms with Gasteiger partial charge in [-0.1, -0.05) is 83.1 Å². The number of nitriles is 2. The van der Waals surface area contributed by atoms with Crippen molar-refractivity contribution in [2.24, 2.45) is 31.4 Å². The van der Waals surface area contributed by atoms with E-state index in [2.05, 4.69) is 53.4 Å². The zero-order valence-electron chi connectivity index (χ0n) is 28.6. The number of guanidine groups is 2. The Kier molecular flexibility index (Phi) is 12.6. The van der Waals surface area contributed by atoms with Gasteiger partial charge in [-0.25, -0.2) is 20.0 Å². The van der Waals surface area contributed by atoms with Crippen LogP contribution in [-0.2, 0) is 16.0 Å². The first kappa shape index (κ1) is 38.7. The number of hydrogen-bond donors (Lipinski definition) is 6. The lowest BCUT2D eigenvalue weighted by Crippen LogP contribution is -2.39. The van der Waals surface area contributed by atoms with Crippen LogP contribution in [0, 0.1) is 22.7 Å². The minimum atomic E-state index is -0.567. The maximum absolute atomic E-state index is 12.8. The molecular weight excluding hydrogens is 780 g/mol. The lowest BCUT2D eigenvalue weighted by molar-refractivity contribution is -0.114. The maximum Gasteiger partial charge on any atom is 0.234 e. The molecule has 0 radical (unpaired) electrons. The van der Waals surface area contributed by atoms with Gasteiger partial charge in [0.2, 0.25) is 11.8 Å². The quantitative estimate of drug-likeness (QED) is 0.116. The van der Waals surface area contributed by atoms with E-state index in [0.29, 0.717) is 54.0 Å². The first-order chi connectivity index (χ1) is 26.5. The molecule has 2 amide bonds. The summed E-state index contributed by atoms with van der Waals surface area (Å²) < 4.78 is 0. The van der Waals surface area contributed by atoms with Crippen molar-refractivity contribution in [3.8, 4) is 12.1 Å². The predicted octanol–water partition coefficient (Wildman–Crippen LogP) is 5.62. The van der Waals surface area contributed by atoms with Gasteiger partial charge in [0.1, 0.15) is 0 Å². The van der Waals surface area contributed by atoms with Crippen molar-refractivity contribution in [2.75, 3.05) is 22.1 Å². The Balaban J connectivity index is 1.02. The third-order valence-electron chi connectivity index (χ3n) is 7.90. The predicted molar refractivity (Wildman–Crippen MR) is 220 cm³/mol. The van der Waals surface area contributed by atoms with Gasteiger partial charge in [-0.2, -0.15) is 10.5 Å². The molecule has 6 rings (SSSR count). The number of aliphatic imine (C=N–C) groups is 4. The van der Waals surface area contributed by atoms with Gasteiger partial charge in [-0.05, 0) is 70.8 Å². The second-order valence-corrected chi connectivity index (χ2v) is 14.6. The molecule has 14 nitrogen and oxygen atoms in total. The fraction of sp³-hybridized carbons (Fsp3) is 0.135. The molecule has 2 aliphatic rings. The SMILES string of the molecule is N#Cc1cc(NC(=O)CSC2=N[C@@H](c3ccc(Cl)cc3)N=C(N)N2)ccc1Cc1ccc(NC(=O)CSC2=N[C@@H](c3ccc(Cl)cc3)N=C(N)N2)cc1C#N. The van der Waals surface area contributed by atoms with Crippen LogP contribution in [0.25, 0.3) is 0 Å². The Bertz CT molecular complexity index is 2170. The summed E-state index contributed by atoms with van der Waals surface area (Å²) in [4.78, 5) is 43.4. The van der Waals surface area contributed by atoms with Crippen LogP contribution in [0.15, 0.2) is 105 Å². The van der Waals surface area contributed by atoms with Crippen LogP contribution in [0.3, 0.4) is 0 Å². The fourth-order valence-electron chi connectivity index (χ4n) is 5.30. The second-order valence-electron chi connectivity index (χ2n) is 11.8. The number of carbonyl (C=O) groups excluding carboxylic acids is 2. The number of amidine groups is 2. The highest BCUT2D eigenvalue weighted by Gasteiger charge is 2.20. The zero-order valence-corrected chi connectivity index (χ0v) is 31.7. The van der Waals surface area contributed by atoms with E-state index in [0.717, 1.165) is 34.7 Å². The van der Waals surface area contributed by atoms with Gasteiger partial charge in [0.05, 0.1) is 34.8 Å². The number of anilines is 2. The summed E-state index contributed by atoms with van der Waals surface area (Å²) in [5.74, 6) is -0.249. The molecule has 0 fully saturated rings. The van der Waals surface area contributed by atoms with Crippen molar-refractivity contribution >= 4 is 92.2 Å². The fourth-order valence-corrected chi connectivity index (χ4v) is 6.93. The Hall–Kier alpha value is -6.04. The Morgan fingerprint density at radius 3 is 1.44 bits per heavy atom. The topological polar surface area (TPSA) is 231 Å². The van der Waals surface area contributed by atoms with E-state index >= 15 is 0 Å². The number of carbonyl (C=O) groups is 2. The monoisotopic (exact) mass is 808 g/mol. The molecule has 8 N–H and O–H groups in total. The van der Waals surface area contributed by atoms with Crippen LogP contribution in [0.5, 0.6) is 0 Å². The van der Waals surface area contributed by atoms with Crippen molar-refractivity contribution in [1.82, 2.24) is 10.6 Å². The smallest absolute Gasteiger partial charge is 0.234 e. The van der Waals surface area contributed by atoms with E-state index in [4.69, 9.17) is 34.7 Å². The first-order valence-corrected chi connectivity index (χ1v) is 19.1. The summed E-state index contributed by atoms with van der Waals surface area (Å²) in [5.41, 5.74) is 16.4. The number of rotatable bonds is 10. The highest BCUT2D eigenvalue weighted by atomic mass is 35.5. The summed E-state index contributed by atoms with van der Waals surface area (Å²) in [6, 6.07) is 28.5. The molecule has 276 valence electrons. The number of nitrogens with zero attached hydrogens (tertiary/aromatic N) is 6. The molecule has 0 aliphatic carbocycles. The second kappa shape index (κ2) is 17.9. The normalized spacial score (nSPS) is 16.1. The molecule has 2 atom stereocenters. The average Bonchev–Trinajstić information content (AvgIpc) is 3.17. The minimum absolute atomic E-state index is 0.0169. The molecule has 2 heterocycles. The minimum Gasteiger partial charge on any atom is -0.370 e.